The first-order valence-corrected chi connectivity index (χ1v) is 6.60. The van der Waals surface area contributed by atoms with Gasteiger partial charge in [0, 0.05) is 4.47 Å². The highest BCUT2D eigenvalue weighted by Gasteiger charge is 2.42. The van der Waals surface area contributed by atoms with E-state index in [1.807, 2.05) is 0 Å². The average Bonchev–Trinajstić information content (AvgIpc) is 2.84. The van der Waals surface area contributed by atoms with Gasteiger partial charge in [0.15, 0.2) is 5.69 Å². The molecule has 0 unspecified atom stereocenters. The molecule has 0 saturated heterocycles. The first kappa shape index (κ1) is 15.5. The van der Waals surface area contributed by atoms with Gasteiger partial charge in [0.2, 0.25) is 5.69 Å². The predicted octanol–water partition coefficient (Wildman–Crippen LogP) is 3.23. The van der Waals surface area contributed by atoms with Crippen molar-refractivity contribution in [2.45, 2.75) is 13.1 Å². The zero-order valence-electron chi connectivity index (χ0n) is 10.7. The number of carbonyl (C=O) groups is 1. The minimum Gasteiger partial charge on any atom is -0.461 e. The van der Waals surface area contributed by atoms with E-state index in [0.717, 1.165) is 0 Å². The first-order chi connectivity index (χ1) is 9.84. The Morgan fingerprint density at radius 3 is 2.48 bits per heavy atom. The van der Waals surface area contributed by atoms with Crippen molar-refractivity contribution in [2.24, 2.45) is 0 Å². The van der Waals surface area contributed by atoms with Crippen LogP contribution >= 0.6 is 15.9 Å². The van der Waals surface area contributed by atoms with Gasteiger partial charge in [-0.1, -0.05) is 21.1 Å². The maximum Gasteiger partial charge on any atom is 0.436 e. The van der Waals surface area contributed by atoms with Crippen molar-refractivity contribution in [1.29, 1.82) is 0 Å². The van der Waals surface area contributed by atoms with Crippen LogP contribution in [0.2, 0.25) is 0 Å². The van der Waals surface area contributed by atoms with Crippen LogP contribution < -0.4 is 0 Å². The van der Waals surface area contributed by atoms with Crippen LogP contribution in [0.5, 0.6) is 0 Å². The summed E-state index contributed by atoms with van der Waals surface area (Å²) >= 11 is 3.18. The van der Waals surface area contributed by atoms with Gasteiger partial charge in [-0.05, 0) is 31.2 Å². The summed E-state index contributed by atoms with van der Waals surface area (Å²) in [6, 6.07) is 5.95. The van der Waals surface area contributed by atoms with Gasteiger partial charge in [0.05, 0.1) is 12.3 Å². The van der Waals surface area contributed by atoms with E-state index in [1.54, 1.807) is 12.1 Å². The largest absolute Gasteiger partial charge is 0.461 e. The molecule has 5 nitrogen and oxygen atoms in total. The Balaban J connectivity index is 2.57. The quantitative estimate of drug-likeness (QED) is 0.785. The highest BCUT2D eigenvalue weighted by molar-refractivity contribution is 9.10. The highest BCUT2D eigenvalue weighted by Crippen LogP contribution is 2.33. The SMILES string of the molecule is CCOC(=O)c1nnn(-c2ccc(Br)cc2)c1C(F)(F)F. The van der Waals surface area contributed by atoms with Gasteiger partial charge >= 0.3 is 12.1 Å². The molecule has 9 heteroatoms. The molecule has 0 aliphatic carbocycles. The number of carbonyl (C=O) groups excluding carboxylic acids is 1. The molecule has 0 aliphatic rings. The van der Waals surface area contributed by atoms with Crippen LogP contribution in [-0.2, 0) is 10.9 Å². The second-order valence-electron chi connectivity index (χ2n) is 3.89. The number of nitrogens with zero attached hydrogens (tertiary/aromatic N) is 3. The molecule has 2 rings (SSSR count). The summed E-state index contributed by atoms with van der Waals surface area (Å²) < 4.78 is 45.4. The van der Waals surface area contributed by atoms with Gasteiger partial charge in [0.25, 0.3) is 0 Å². The van der Waals surface area contributed by atoms with Crippen LogP contribution in [0, 0.1) is 0 Å². The Morgan fingerprint density at radius 1 is 1.33 bits per heavy atom. The number of rotatable bonds is 3. The fourth-order valence-electron chi connectivity index (χ4n) is 1.64. The Kier molecular flexibility index (Phi) is 4.31. The Hall–Kier alpha value is -1.90. The average molecular weight is 364 g/mol. The summed E-state index contributed by atoms with van der Waals surface area (Å²) in [7, 11) is 0. The fourth-order valence-corrected chi connectivity index (χ4v) is 1.90. The number of alkyl halides is 3. The highest BCUT2D eigenvalue weighted by atomic mass is 79.9. The van der Waals surface area contributed by atoms with Crippen molar-refractivity contribution < 1.29 is 22.7 Å². The van der Waals surface area contributed by atoms with Gasteiger partial charge in [0.1, 0.15) is 0 Å². The zero-order valence-corrected chi connectivity index (χ0v) is 12.3. The molecule has 0 fully saturated rings. The minimum atomic E-state index is -4.79. The molecule has 0 bridgehead atoms. The lowest BCUT2D eigenvalue weighted by molar-refractivity contribution is -0.143. The van der Waals surface area contributed by atoms with Gasteiger partial charge in [-0.2, -0.15) is 13.2 Å². The van der Waals surface area contributed by atoms with E-state index in [0.29, 0.717) is 9.15 Å². The molecule has 112 valence electrons. The summed E-state index contributed by atoms with van der Waals surface area (Å²) in [4.78, 5) is 11.6. The number of halogens is 4. The molecule has 0 atom stereocenters. The van der Waals surface area contributed by atoms with E-state index in [1.165, 1.54) is 19.1 Å². The second-order valence-corrected chi connectivity index (χ2v) is 4.81. The number of hydrogen-bond donors (Lipinski definition) is 0. The number of esters is 1. The van der Waals surface area contributed by atoms with Crippen molar-refractivity contribution >= 4 is 21.9 Å². The van der Waals surface area contributed by atoms with Crippen LogP contribution in [0.4, 0.5) is 13.2 Å². The minimum absolute atomic E-state index is 0.0543. The molecule has 0 N–H and O–H groups in total. The lowest BCUT2D eigenvalue weighted by atomic mass is 10.2. The van der Waals surface area contributed by atoms with E-state index in [-0.39, 0.29) is 12.3 Å². The van der Waals surface area contributed by atoms with Crippen LogP contribution in [0.25, 0.3) is 5.69 Å². The fraction of sp³-hybridized carbons (Fsp3) is 0.250. The standard InChI is InChI=1S/C12H9BrF3N3O2/c1-2-21-11(20)9-10(12(14,15)16)19(18-17-9)8-5-3-7(13)4-6-8/h3-6H,2H2,1H3. The van der Waals surface area contributed by atoms with Crippen LogP contribution in [0.1, 0.15) is 23.1 Å². The number of ether oxygens (including phenoxy) is 1. The van der Waals surface area contributed by atoms with E-state index in [4.69, 9.17) is 0 Å². The maximum atomic E-state index is 13.2. The normalized spacial score (nSPS) is 11.5. The van der Waals surface area contributed by atoms with E-state index >= 15 is 0 Å². The molecule has 0 spiro atoms. The second kappa shape index (κ2) is 5.84. The Bertz CT molecular complexity index is 653. The predicted molar refractivity (Wildman–Crippen MR) is 70.0 cm³/mol. The summed E-state index contributed by atoms with van der Waals surface area (Å²) in [5, 5.41) is 6.72. The Morgan fingerprint density at radius 2 is 1.95 bits per heavy atom. The van der Waals surface area contributed by atoms with Gasteiger partial charge in [-0.3, -0.25) is 0 Å². The first-order valence-electron chi connectivity index (χ1n) is 5.80. The molecule has 0 amide bonds. The van der Waals surface area contributed by atoms with Crippen LogP contribution in [0.3, 0.4) is 0 Å². The van der Waals surface area contributed by atoms with Crippen molar-refractivity contribution in [1.82, 2.24) is 15.0 Å². The van der Waals surface area contributed by atoms with Crippen molar-refractivity contribution in [3.8, 4) is 5.69 Å². The van der Waals surface area contributed by atoms with Gasteiger partial charge in [-0.25, -0.2) is 9.48 Å². The summed E-state index contributed by atoms with van der Waals surface area (Å²) in [6.07, 6.45) is -4.79. The van der Waals surface area contributed by atoms with Crippen molar-refractivity contribution in [3.63, 3.8) is 0 Å². The van der Waals surface area contributed by atoms with Crippen molar-refractivity contribution in [2.75, 3.05) is 6.61 Å². The van der Waals surface area contributed by atoms with Crippen LogP contribution in [0.15, 0.2) is 28.7 Å². The molecule has 0 saturated carbocycles. The molecule has 1 heterocycles. The topological polar surface area (TPSA) is 57.0 Å². The molecular formula is C12H9BrF3N3O2. The van der Waals surface area contributed by atoms with Crippen LogP contribution in [-0.4, -0.2) is 27.6 Å². The third kappa shape index (κ3) is 3.23. The molecule has 0 aliphatic heterocycles. The van der Waals surface area contributed by atoms with E-state index < -0.39 is 23.5 Å². The third-order valence-electron chi connectivity index (χ3n) is 2.48. The molecular weight excluding hydrogens is 355 g/mol. The smallest absolute Gasteiger partial charge is 0.436 e. The monoisotopic (exact) mass is 363 g/mol. The summed E-state index contributed by atoms with van der Waals surface area (Å²) in [5.41, 5.74) is -1.98. The van der Waals surface area contributed by atoms with Gasteiger partial charge < -0.3 is 4.74 Å². The number of benzene rings is 1. The lowest BCUT2D eigenvalue weighted by Crippen LogP contribution is -2.18. The zero-order chi connectivity index (χ0) is 15.6. The maximum absolute atomic E-state index is 13.2. The van der Waals surface area contributed by atoms with Crippen molar-refractivity contribution in [3.05, 3.63) is 40.1 Å². The molecule has 1 aromatic heterocycles. The summed E-state index contributed by atoms with van der Waals surface area (Å²) in [5.74, 6) is -1.16. The Labute approximate surface area is 125 Å². The number of hydrogen-bond acceptors (Lipinski definition) is 4. The van der Waals surface area contributed by atoms with E-state index in [2.05, 4.69) is 31.0 Å². The summed E-state index contributed by atoms with van der Waals surface area (Å²) in [6.45, 7) is 1.44. The number of aromatic nitrogens is 3. The lowest BCUT2D eigenvalue weighted by Gasteiger charge is -2.10. The van der Waals surface area contributed by atoms with E-state index in [9.17, 15) is 18.0 Å². The molecule has 0 radical (unpaired) electrons. The third-order valence-corrected chi connectivity index (χ3v) is 3.01. The molecule has 21 heavy (non-hydrogen) atoms. The molecule has 2 aromatic rings. The van der Waals surface area contributed by atoms with Gasteiger partial charge in [-0.15, -0.1) is 5.10 Å². The molecule has 1 aromatic carbocycles.